The molecule has 7 nitrogen and oxygen atoms in total. The fourth-order valence-electron chi connectivity index (χ4n) is 4.73. The third-order valence-electron chi connectivity index (χ3n) is 6.86. The Morgan fingerprint density at radius 3 is 2.50 bits per heavy atom. The highest BCUT2D eigenvalue weighted by Crippen LogP contribution is 2.28. The van der Waals surface area contributed by atoms with Gasteiger partial charge in [0.05, 0.1) is 28.8 Å². The lowest BCUT2D eigenvalue weighted by Crippen LogP contribution is -2.40. The second-order valence-corrected chi connectivity index (χ2v) is 12.3. The molecule has 2 aromatic carbocycles. The first-order chi connectivity index (χ1) is 18.4. The minimum absolute atomic E-state index is 0.232. The number of unbranched alkanes of at least 4 members (excludes halogenated alkanes) is 3. The second kappa shape index (κ2) is 13.4. The molecule has 1 fully saturated rings. The first kappa shape index (κ1) is 28.3. The van der Waals surface area contributed by atoms with Crippen molar-refractivity contribution >= 4 is 33.0 Å². The molecule has 0 bridgehead atoms. The van der Waals surface area contributed by atoms with Crippen molar-refractivity contribution in [3.63, 3.8) is 0 Å². The summed E-state index contributed by atoms with van der Waals surface area (Å²) in [4.78, 5) is 18.1. The summed E-state index contributed by atoms with van der Waals surface area (Å²) in [7, 11) is -3.68. The van der Waals surface area contributed by atoms with Crippen LogP contribution < -0.4 is 4.80 Å². The normalized spacial score (nSPS) is 15.6. The SMILES string of the molecule is CCCCCCn1c(-c2cccc(S(=O)(=O)N3CCC(C(=O)OCC)CC3)c2)csc1=Nc1ccccc1. The Balaban J connectivity index is 1.61. The molecule has 1 aliphatic heterocycles. The van der Waals surface area contributed by atoms with E-state index in [1.807, 2.05) is 36.4 Å². The number of rotatable bonds is 11. The van der Waals surface area contributed by atoms with Gasteiger partial charge in [0.25, 0.3) is 0 Å². The number of sulfonamides is 1. The van der Waals surface area contributed by atoms with Crippen LogP contribution in [0.5, 0.6) is 0 Å². The van der Waals surface area contributed by atoms with Gasteiger partial charge >= 0.3 is 5.97 Å². The van der Waals surface area contributed by atoms with Crippen LogP contribution >= 0.6 is 11.3 Å². The first-order valence-electron chi connectivity index (χ1n) is 13.5. The highest BCUT2D eigenvalue weighted by atomic mass is 32.2. The predicted molar refractivity (Wildman–Crippen MR) is 152 cm³/mol. The van der Waals surface area contributed by atoms with E-state index < -0.39 is 10.0 Å². The van der Waals surface area contributed by atoms with Crippen LogP contribution in [0.1, 0.15) is 52.4 Å². The van der Waals surface area contributed by atoms with Crippen molar-refractivity contribution in [2.24, 2.45) is 10.9 Å². The van der Waals surface area contributed by atoms with Crippen LogP contribution in [0.15, 0.2) is 69.9 Å². The Kier molecular flexibility index (Phi) is 9.93. The fourth-order valence-corrected chi connectivity index (χ4v) is 7.20. The zero-order valence-corrected chi connectivity index (χ0v) is 23.8. The van der Waals surface area contributed by atoms with Gasteiger partial charge in [-0.15, -0.1) is 11.3 Å². The molecule has 0 amide bonds. The van der Waals surface area contributed by atoms with Crippen molar-refractivity contribution in [3.8, 4) is 11.3 Å². The van der Waals surface area contributed by atoms with Crippen LogP contribution in [0.2, 0.25) is 0 Å². The number of carbonyl (C=O) groups is 1. The van der Waals surface area contributed by atoms with Crippen molar-refractivity contribution in [2.75, 3.05) is 19.7 Å². The van der Waals surface area contributed by atoms with Crippen LogP contribution in [-0.4, -0.2) is 43.0 Å². The zero-order valence-electron chi connectivity index (χ0n) is 22.2. The summed E-state index contributed by atoms with van der Waals surface area (Å²) >= 11 is 1.57. The quantitative estimate of drug-likeness (QED) is 0.215. The summed E-state index contributed by atoms with van der Waals surface area (Å²) in [5, 5.41) is 2.07. The summed E-state index contributed by atoms with van der Waals surface area (Å²) < 4.78 is 35.9. The molecule has 4 rings (SSSR count). The van der Waals surface area contributed by atoms with Gasteiger partial charge < -0.3 is 9.30 Å². The predicted octanol–water partition coefficient (Wildman–Crippen LogP) is 5.99. The molecule has 3 aromatic rings. The molecular weight excluding hydrogens is 518 g/mol. The number of nitrogens with zero attached hydrogens (tertiary/aromatic N) is 3. The lowest BCUT2D eigenvalue weighted by molar-refractivity contribution is -0.149. The molecule has 1 saturated heterocycles. The lowest BCUT2D eigenvalue weighted by atomic mass is 9.98. The van der Waals surface area contributed by atoms with Gasteiger partial charge in [-0.25, -0.2) is 13.4 Å². The highest BCUT2D eigenvalue weighted by Gasteiger charge is 2.33. The van der Waals surface area contributed by atoms with E-state index in [9.17, 15) is 13.2 Å². The number of hydrogen-bond acceptors (Lipinski definition) is 6. The molecule has 38 heavy (non-hydrogen) atoms. The lowest BCUT2D eigenvalue weighted by Gasteiger charge is -2.30. The van der Waals surface area contributed by atoms with E-state index >= 15 is 0 Å². The third-order valence-corrected chi connectivity index (χ3v) is 9.61. The maximum atomic E-state index is 13.5. The van der Waals surface area contributed by atoms with Gasteiger partial charge in [0.1, 0.15) is 0 Å². The number of para-hydroxylation sites is 1. The Bertz CT molecular complexity index is 1370. The Morgan fingerprint density at radius 2 is 1.79 bits per heavy atom. The van der Waals surface area contributed by atoms with Crippen molar-refractivity contribution < 1.29 is 17.9 Å². The molecule has 204 valence electrons. The molecule has 0 N–H and O–H groups in total. The number of aromatic nitrogens is 1. The Labute approximate surface area is 229 Å². The molecule has 0 saturated carbocycles. The van der Waals surface area contributed by atoms with Crippen molar-refractivity contribution in [1.29, 1.82) is 0 Å². The van der Waals surface area contributed by atoms with Gasteiger partial charge in [-0.2, -0.15) is 4.31 Å². The van der Waals surface area contributed by atoms with Crippen LogP contribution in [-0.2, 0) is 26.1 Å². The van der Waals surface area contributed by atoms with Crippen molar-refractivity contribution in [3.05, 3.63) is 64.8 Å². The summed E-state index contributed by atoms with van der Waals surface area (Å²) in [6, 6.07) is 17.1. The maximum Gasteiger partial charge on any atom is 0.309 e. The Hall–Kier alpha value is -2.75. The van der Waals surface area contributed by atoms with Crippen molar-refractivity contribution in [1.82, 2.24) is 8.87 Å². The fraction of sp³-hybridized carbons (Fsp3) is 0.448. The molecule has 0 radical (unpaired) electrons. The van der Waals surface area contributed by atoms with Gasteiger partial charge in [0.15, 0.2) is 4.80 Å². The number of esters is 1. The second-order valence-electron chi connectivity index (χ2n) is 9.52. The number of ether oxygens (including phenoxy) is 1. The van der Waals surface area contributed by atoms with Crippen LogP contribution in [0.3, 0.4) is 0 Å². The number of benzene rings is 2. The first-order valence-corrected chi connectivity index (χ1v) is 15.8. The number of piperidine rings is 1. The van der Waals surface area contributed by atoms with Gasteiger partial charge in [0.2, 0.25) is 10.0 Å². The third kappa shape index (κ3) is 6.81. The molecule has 0 spiro atoms. The summed E-state index contributed by atoms with van der Waals surface area (Å²) in [5.74, 6) is -0.471. The highest BCUT2D eigenvalue weighted by molar-refractivity contribution is 7.89. The van der Waals surface area contributed by atoms with E-state index in [-0.39, 0.29) is 16.8 Å². The number of carbonyl (C=O) groups excluding carboxylic acids is 1. The summed E-state index contributed by atoms with van der Waals surface area (Å²) in [6.45, 7) is 5.77. The largest absolute Gasteiger partial charge is 0.466 e. The smallest absolute Gasteiger partial charge is 0.309 e. The topological polar surface area (TPSA) is 81.0 Å². The molecule has 0 aliphatic carbocycles. The monoisotopic (exact) mass is 555 g/mol. The molecule has 1 aromatic heterocycles. The van der Waals surface area contributed by atoms with Gasteiger partial charge in [-0.05, 0) is 50.5 Å². The average Bonchev–Trinajstić information content (AvgIpc) is 3.34. The molecule has 9 heteroatoms. The van der Waals surface area contributed by atoms with Crippen LogP contribution in [0.4, 0.5) is 5.69 Å². The average molecular weight is 556 g/mol. The van der Waals surface area contributed by atoms with Gasteiger partial charge in [-0.3, -0.25) is 4.79 Å². The van der Waals surface area contributed by atoms with Crippen LogP contribution in [0, 0.1) is 5.92 Å². The van der Waals surface area contributed by atoms with E-state index in [0.29, 0.717) is 32.5 Å². The summed E-state index contributed by atoms with van der Waals surface area (Å²) in [6.07, 6.45) is 5.48. The number of thiazole rings is 1. The molecular formula is C29H37N3O4S2. The van der Waals surface area contributed by atoms with Crippen molar-refractivity contribution in [2.45, 2.75) is 63.8 Å². The molecule has 1 aliphatic rings. The maximum absolute atomic E-state index is 13.5. The van der Waals surface area contributed by atoms with E-state index in [0.717, 1.165) is 41.1 Å². The minimum atomic E-state index is -3.68. The van der Waals surface area contributed by atoms with E-state index in [4.69, 9.17) is 9.73 Å². The molecule has 0 atom stereocenters. The Morgan fingerprint density at radius 1 is 1.03 bits per heavy atom. The molecule has 2 heterocycles. The van der Waals surface area contributed by atoms with E-state index in [2.05, 4.69) is 16.9 Å². The molecule has 0 unspecified atom stereocenters. The van der Waals surface area contributed by atoms with Gasteiger partial charge in [0, 0.05) is 30.6 Å². The zero-order chi connectivity index (χ0) is 27.0. The standard InChI is InChI=1S/C29H37N3O4S2/c1-3-5-6-10-18-32-27(22-37-29(32)30-25-13-8-7-9-14-25)24-12-11-15-26(21-24)38(34,35)31-19-16-23(17-20-31)28(33)36-4-2/h7-9,11-15,21-23H,3-6,10,16-20H2,1-2H3. The summed E-state index contributed by atoms with van der Waals surface area (Å²) in [5.41, 5.74) is 2.72. The van der Waals surface area contributed by atoms with Crippen LogP contribution in [0.25, 0.3) is 11.3 Å². The number of hydrogen-bond donors (Lipinski definition) is 0. The van der Waals surface area contributed by atoms with E-state index in [1.54, 1.807) is 36.5 Å². The van der Waals surface area contributed by atoms with Gasteiger partial charge in [-0.1, -0.05) is 56.5 Å². The van der Waals surface area contributed by atoms with E-state index in [1.165, 1.54) is 17.1 Å². The minimum Gasteiger partial charge on any atom is -0.466 e.